The fourth-order valence-electron chi connectivity index (χ4n) is 2.78. The molecule has 21 heavy (non-hydrogen) atoms. The predicted molar refractivity (Wildman–Crippen MR) is 87.9 cm³/mol. The Morgan fingerprint density at radius 3 is 2.52 bits per heavy atom. The highest BCUT2D eigenvalue weighted by Gasteiger charge is 2.32. The molecule has 0 radical (unpaired) electrons. The van der Waals surface area contributed by atoms with Crippen LogP contribution in [0.4, 0.5) is 0 Å². The van der Waals surface area contributed by atoms with Crippen LogP contribution in [-0.4, -0.2) is 52.0 Å². The van der Waals surface area contributed by atoms with Gasteiger partial charge in [-0.1, -0.05) is 26.2 Å². The first-order valence-electron chi connectivity index (χ1n) is 8.34. The lowest BCUT2D eigenvalue weighted by Crippen LogP contribution is -2.49. The summed E-state index contributed by atoms with van der Waals surface area (Å²) in [6, 6.07) is 0. The first-order chi connectivity index (χ1) is 10.3. The van der Waals surface area contributed by atoms with Crippen molar-refractivity contribution in [1.82, 2.24) is 10.6 Å². The van der Waals surface area contributed by atoms with Gasteiger partial charge in [-0.3, -0.25) is 4.99 Å². The Labute approximate surface area is 129 Å². The number of nitrogens with zero attached hydrogens (tertiary/aromatic N) is 1. The van der Waals surface area contributed by atoms with Crippen LogP contribution in [0.5, 0.6) is 0 Å². The number of nitrogens with one attached hydrogen (secondary N) is 2. The molecule has 0 spiro atoms. The first-order valence-corrected chi connectivity index (χ1v) is 8.34. The number of rotatable bonds is 9. The van der Waals surface area contributed by atoms with E-state index in [1.54, 1.807) is 7.11 Å². The van der Waals surface area contributed by atoms with Gasteiger partial charge in [0.25, 0.3) is 0 Å². The lowest BCUT2D eigenvalue weighted by Gasteiger charge is -2.37. The van der Waals surface area contributed by atoms with Gasteiger partial charge in [0, 0.05) is 40.5 Å². The summed E-state index contributed by atoms with van der Waals surface area (Å²) in [6.45, 7) is 5.50. The molecular formula is C16H33N3O2. The number of methoxy groups -OCH3 is 1. The van der Waals surface area contributed by atoms with Crippen molar-refractivity contribution in [2.45, 2.75) is 57.5 Å². The van der Waals surface area contributed by atoms with Crippen molar-refractivity contribution in [3.05, 3.63) is 0 Å². The molecule has 0 unspecified atom stereocenters. The van der Waals surface area contributed by atoms with Gasteiger partial charge in [0.05, 0.1) is 5.60 Å². The van der Waals surface area contributed by atoms with E-state index in [4.69, 9.17) is 9.47 Å². The van der Waals surface area contributed by atoms with Gasteiger partial charge in [-0.15, -0.1) is 0 Å². The Bertz CT molecular complexity index is 289. The molecule has 0 atom stereocenters. The number of guanidine groups is 1. The van der Waals surface area contributed by atoms with Crippen molar-refractivity contribution in [3.63, 3.8) is 0 Å². The zero-order chi connectivity index (χ0) is 15.4. The van der Waals surface area contributed by atoms with E-state index in [0.717, 1.165) is 57.9 Å². The maximum atomic E-state index is 6.19. The second kappa shape index (κ2) is 10.9. The zero-order valence-corrected chi connectivity index (χ0v) is 14.0. The van der Waals surface area contributed by atoms with Crippen LogP contribution >= 0.6 is 0 Å². The van der Waals surface area contributed by atoms with Crippen LogP contribution in [0.15, 0.2) is 4.99 Å². The Morgan fingerprint density at radius 2 is 1.90 bits per heavy atom. The molecule has 1 saturated carbocycles. The minimum atomic E-state index is -0.00158. The zero-order valence-electron chi connectivity index (χ0n) is 14.0. The van der Waals surface area contributed by atoms with Crippen molar-refractivity contribution in [3.8, 4) is 0 Å². The third-order valence-corrected chi connectivity index (χ3v) is 4.00. The largest absolute Gasteiger partial charge is 0.385 e. The molecule has 0 aromatic carbocycles. The monoisotopic (exact) mass is 299 g/mol. The maximum absolute atomic E-state index is 6.19. The number of hydrogen-bond donors (Lipinski definition) is 2. The van der Waals surface area contributed by atoms with E-state index in [1.165, 1.54) is 19.3 Å². The minimum Gasteiger partial charge on any atom is -0.385 e. The van der Waals surface area contributed by atoms with Gasteiger partial charge in [-0.2, -0.15) is 0 Å². The molecule has 1 aliphatic rings. The summed E-state index contributed by atoms with van der Waals surface area (Å²) >= 11 is 0. The molecule has 124 valence electrons. The second-order valence-electron chi connectivity index (χ2n) is 5.79. The molecule has 0 aliphatic heterocycles. The van der Waals surface area contributed by atoms with Crippen molar-refractivity contribution in [2.24, 2.45) is 4.99 Å². The van der Waals surface area contributed by atoms with Crippen molar-refractivity contribution in [2.75, 3.05) is 40.5 Å². The quantitative estimate of drug-likeness (QED) is 0.390. The lowest BCUT2D eigenvalue weighted by atomic mass is 9.84. The number of hydrogen-bond acceptors (Lipinski definition) is 3. The van der Waals surface area contributed by atoms with Gasteiger partial charge in [0.2, 0.25) is 0 Å². The molecule has 0 aromatic rings. The molecule has 0 aromatic heterocycles. The van der Waals surface area contributed by atoms with Crippen LogP contribution < -0.4 is 10.6 Å². The Hall–Kier alpha value is -0.810. The molecular weight excluding hydrogens is 266 g/mol. The standard InChI is InChI=1S/C16H33N3O2/c1-4-12-21-16(9-6-5-7-10-16)14-19-15(17-2)18-11-8-13-20-3/h4-14H2,1-3H3,(H2,17,18,19). The molecule has 5 nitrogen and oxygen atoms in total. The summed E-state index contributed by atoms with van der Waals surface area (Å²) in [7, 11) is 3.54. The van der Waals surface area contributed by atoms with E-state index in [0.29, 0.717) is 0 Å². The smallest absolute Gasteiger partial charge is 0.191 e. The van der Waals surface area contributed by atoms with Crippen LogP contribution in [0.2, 0.25) is 0 Å². The summed E-state index contributed by atoms with van der Waals surface area (Å²) in [5, 5.41) is 6.76. The van der Waals surface area contributed by atoms with Crippen molar-refractivity contribution in [1.29, 1.82) is 0 Å². The summed E-state index contributed by atoms with van der Waals surface area (Å²) < 4.78 is 11.2. The Balaban J connectivity index is 2.39. The van der Waals surface area contributed by atoms with Crippen LogP contribution in [0, 0.1) is 0 Å². The molecule has 2 N–H and O–H groups in total. The summed E-state index contributed by atoms with van der Waals surface area (Å²) in [5.41, 5.74) is -0.00158. The third kappa shape index (κ3) is 7.14. The fraction of sp³-hybridized carbons (Fsp3) is 0.938. The van der Waals surface area contributed by atoms with E-state index >= 15 is 0 Å². The molecule has 0 saturated heterocycles. The van der Waals surface area contributed by atoms with Gasteiger partial charge >= 0.3 is 0 Å². The molecule has 1 rings (SSSR count). The highest BCUT2D eigenvalue weighted by molar-refractivity contribution is 5.79. The van der Waals surface area contributed by atoms with Crippen LogP contribution in [-0.2, 0) is 9.47 Å². The highest BCUT2D eigenvalue weighted by Crippen LogP contribution is 2.31. The maximum Gasteiger partial charge on any atom is 0.191 e. The van der Waals surface area contributed by atoms with Crippen LogP contribution in [0.25, 0.3) is 0 Å². The van der Waals surface area contributed by atoms with Gasteiger partial charge < -0.3 is 20.1 Å². The molecule has 0 heterocycles. The van der Waals surface area contributed by atoms with Gasteiger partial charge in [0.15, 0.2) is 5.96 Å². The van der Waals surface area contributed by atoms with E-state index in [1.807, 2.05) is 7.05 Å². The topological polar surface area (TPSA) is 54.9 Å². The summed E-state index contributed by atoms with van der Waals surface area (Å²) in [4.78, 5) is 4.28. The van der Waals surface area contributed by atoms with Crippen LogP contribution in [0.1, 0.15) is 51.9 Å². The summed E-state index contributed by atoms with van der Waals surface area (Å²) in [5.74, 6) is 0.858. The lowest BCUT2D eigenvalue weighted by molar-refractivity contribution is -0.0657. The highest BCUT2D eigenvalue weighted by atomic mass is 16.5. The number of ether oxygens (including phenoxy) is 2. The average Bonchev–Trinajstić information content (AvgIpc) is 2.53. The number of aliphatic imine (C=N–C) groups is 1. The van der Waals surface area contributed by atoms with Gasteiger partial charge in [0.1, 0.15) is 0 Å². The SMILES string of the molecule is CCCOC1(CNC(=NC)NCCCOC)CCCCC1. The predicted octanol–water partition coefficient (Wildman–Crippen LogP) is 2.32. The third-order valence-electron chi connectivity index (χ3n) is 4.00. The molecule has 0 amide bonds. The molecule has 5 heteroatoms. The fourth-order valence-corrected chi connectivity index (χ4v) is 2.78. The van der Waals surface area contributed by atoms with Gasteiger partial charge in [-0.25, -0.2) is 0 Å². The van der Waals surface area contributed by atoms with Gasteiger partial charge in [-0.05, 0) is 25.7 Å². The van der Waals surface area contributed by atoms with E-state index in [2.05, 4.69) is 22.5 Å². The van der Waals surface area contributed by atoms with E-state index in [9.17, 15) is 0 Å². The van der Waals surface area contributed by atoms with E-state index < -0.39 is 0 Å². The van der Waals surface area contributed by atoms with Crippen molar-refractivity contribution < 1.29 is 9.47 Å². The summed E-state index contributed by atoms with van der Waals surface area (Å²) in [6.07, 6.45) is 8.24. The van der Waals surface area contributed by atoms with Crippen molar-refractivity contribution >= 4 is 5.96 Å². The Morgan fingerprint density at radius 1 is 1.14 bits per heavy atom. The normalized spacial score (nSPS) is 18.5. The Kier molecular flexibility index (Phi) is 9.42. The second-order valence-corrected chi connectivity index (χ2v) is 5.79. The minimum absolute atomic E-state index is 0.00158. The average molecular weight is 299 g/mol. The first kappa shape index (κ1) is 18.2. The molecule has 0 bridgehead atoms. The molecule has 1 fully saturated rings. The van der Waals surface area contributed by atoms with Crippen LogP contribution in [0.3, 0.4) is 0 Å². The van der Waals surface area contributed by atoms with E-state index in [-0.39, 0.29) is 5.60 Å². The molecule has 1 aliphatic carbocycles.